The first-order chi connectivity index (χ1) is 7.61. The first-order valence-electron chi connectivity index (χ1n) is 6.73. The summed E-state index contributed by atoms with van der Waals surface area (Å²) < 4.78 is 0. The number of hydrogen-bond donors (Lipinski definition) is 3. The Kier molecular flexibility index (Phi) is 2.36. The molecule has 3 heteroatoms. The van der Waals surface area contributed by atoms with Crippen LogP contribution in [-0.2, 0) is 0 Å². The molecule has 4 fully saturated rings. The first-order valence-corrected chi connectivity index (χ1v) is 6.73. The smallest absolute Gasteiger partial charge is 0.0946 e. The molecule has 0 aromatic heterocycles. The van der Waals surface area contributed by atoms with Gasteiger partial charge in [0.15, 0.2) is 0 Å². The van der Waals surface area contributed by atoms with Gasteiger partial charge in [0.25, 0.3) is 0 Å². The first kappa shape index (κ1) is 11.0. The van der Waals surface area contributed by atoms with Crippen molar-refractivity contribution in [3.63, 3.8) is 0 Å². The van der Waals surface area contributed by atoms with E-state index in [2.05, 4.69) is 0 Å². The van der Waals surface area contributed by atoms with Crippen molar-refractivity contribution in [2.75, 3.05) is 13.1 Å². The highest BCUT2D eigenvalue weighted by Crippen LogP contribution is 2.63. The summed E-state index contributed by atoms with van der Waals surface area (Å²) in [7, 11) is 0. The summed E-state index contributed by atoms with van der Waals surface area (Å²) in [5.74, 6) is 2.53. The Hall–Kier alpha value is -0.120. The minimum Gasteiger partial charge on any atom is -0.387 e. The molecule has 0 unspecified atom stereocenters. The lowest BCUT2D eigenvalue weighted by atomic mass is 9.45. The fourth-order valence-electron chi connectivity index (χ4n) is 5.20. The molecule has 16 heavy (non-hydrogen) atoms. The lowest BCUT2D eigenvalue weighted by Crippen LogP contribution is -2.64. The van der Waals surface area contributed by atoms with Gasteiger partial charge in [0, 0.05) is 18.5 Å². The van der Waals surface area contributed by atoms with Crippen LogP contribution in [0.3, 0.4) is 0 Å². The molecular weight excluding hydrogens is 200 g/mol. The molecule has 0 aliphatic heterocycles. The zero-order valence-electron chi connectivity index (χ0n) is 9.99. The second kappa shape index (κ2) is 3.44. The maximum Gasteiger partial charge on any atom is 0.0946 e. The Balaban J connectivity index is 1.93. The van der Waals surface area contributed by atoms with E-state index in [9.17, 15) is 5.11 Å². The summed E-state index contributed by atoms with van der Waals surface area (Å²) in [6, 6.07) is 0. The van der Waals surface area contributed by atoms with Crippen molar-refractivity contribution in [1.82, 2.24) is 0 Å². The highest BCUT2D eigenvalue weighted by molar-refractivity contribution is 5.10. The summed E-state index contributed by atoms with van der Waals surface area (Å²) in [6.45, 7) is 0.658. The molecule has 0 aromatic rings. The molecule has 0 atom stereocenters. The lowest BCUT2D eigenvalue weighted by Gasteiger charge is -2.62. The predicted molar refractivity (Wildman–Crippen MR) is 63.7 cm³/mol. The van der Waals surface area contributed by atoms with E-state index < -0.39 is 5.60 Å². The van der Waals surface area contributed by atoms with Crippen molar-refractivity contribution in [2.45, 2.75) is 44.1 Å². The summed E-state index contributed by atoms with van der Waals surface area (Å²) in [6.07, 6.45) is 7.69. The number of rotatable bonds is 3. The number of nitrogens with two attached hydrogens (primary N) is 2. The number of aliphatic hydroxyl groups is 1. The van der Waals surface area contributed by atoms with Crippen LogP contribution in [0, 0.1) is 23.2 Å². The van der Waals surface area contributed by atoms with Gasteiger partial charge in [-0.1, -0.05) is 0 Å². The molecule has 4 saturated carbocycles. The molecule has 3 nitrogen and oxygen atoms in total. The molecule has 0 aromatic carbocycles. The molecule has 0 radical (unpaired) electrons. The summed E-state index contributed by atoms with van der Waals surface area (Å²) >= 11 is 0. The largest absolute Gasteiger partial charge is 0.387 e. The van der Waals surface area contributed by atoms with Crippen molar-refractivity contribution >= 4 is 0 Å². The van der Waals surface area contributed by atoms with Gasteiger partial charge in [-0.05, 0) is 56.3 Å². The second-order valence-electron chi connectivity index (χ2n) is 6.64. The van der Waals surface area contributed by atoms with Crippen LogP contribution in [-0.4, -0.2) is 23.8 Å². The van der Waals surface area contributed by atoms with Crippen LogP contribution >= 0.6 is 0 Å². The van der Waals surface area contributed by atoms with Gasteiger partial charge >= 0.3 is 0 Å². The monoisotopic (exact) mass is 224 g/mol. The minimum absolute atomic E-state index is 0.0608. The van der Waals surface area contributed by atoms with Gasteiger partial charge in [-0.3, -0.25) is 0 Å². The minimum atomic E-state index is -0.803. The van der Waals surface area contributed by atoms with E-state index in [1.807, 2.05) is 0 Å². The predicted octanol–water partition coefficient (Wildman–Crippen LogP) is 0.851. The molecular formula is C13H24N2O. The quantitative estimate of drug-likeness (QED) is 0.665. The van der Waals surface area contributed by atoms with Gasteiger partial charge < -0.3 is 16.6 Å². The van der Waals surface area contributed by atoms with Gasteiger partial charge in [-0.15, -0.1) is 0 Å². The van der Waals surface area contributed by atoms with E-state index in [4.69, 9.17) is 11.5 Å². The molecule has 5 N–H and O–H groups in total. The van der Waals surface area contributed by atoms with Gasteiger partial charge in [-0.25, -0.2) is 0 Å². The summed E-state index contributed by atoms with van der Waals surface area (Å²) in [5, 5.41) is 10.7. The van der Waals surface area contributed by atoms with E-state index in [1.54, 1.807) is 0 Å². The van der Waals surface area contributed by atoms with Crippen molar-refractivity contribution in [2.24, 2.45) is 34.6 Å². The van der Waals surface area contributed by atoms with Crippen molar-refractivity contribution < 1.29 is 5.11 Å². The van der Waals surface area contributed by atoms with Gasteiger partial charge in [0.2, 0.25) is 0 Å². The van der Waals surface area contributed by atoms with Crippen LogP contribution in [0.2, 0.25) is 0 Å². The SMILES string of the molecule is NCC(O)(CN)C12CC3CC(CC(C3)C1)C2. The third-order valence-electron chi connectivity index (χ3n) is 5.70. The maximum absolute atomic E-state index is 10.7. The van der Waals surface area contributed by atoms with E-state index in [0.29, 0.717) is 13.1 Å². The Labute approximate surface area is 97.6 Å². The molecule has 4 aliphatic carbocycles. The van der Waals surface area contributed by atoms with Crippen LogP contribution in [0.15, 0.2) is 0 Å². The van der Waals surface area contributed by atoms with E-state index in [-0.39, 0.29) is 5.41 Å². The van der Waals surface area contributed by atoms with Crippen molar-refractivity contribution in [1.29, 1.82) is 0 Å². The van der Waals surface area contributed by atoms with Crippen molar-refractivity contribution in [3.05, 3.63) is 0 Å². The van der Waals surface area contributed by atoms with Gasteiger partial charge in [0.1, 0.15) is 0 Å². The fourth-order valence-corrected chi connectivity index (χ4v) is 5.20. The molecule has 4 rings (SSSR count). The maximum atomic E-state index is 10.7. The molecule has 0 spiro atoms. The van der Waals surface area contributed by atoms with Crippen LogP contribution in [0.1, 0.15) is 38.5 Å². The standard InChI is InChI=1S/C13H24N2O/c14-7-13(16,8-15)12-4-9-1-10(5-12)3-11(2-9)6-12/h9-11,16H,1-8,14-15H2. The third kappa shape index (κ3) is 1.31. The molecule has 4 bridgehead atoms. The molecule has 0 amide bonds. The zero-order valence-corrected chi connectivity index (χ0v) is 9.99. The highest BCUT2D eigenvalue weighted by Gasteiger charge is 2.59. The average molecular weight is 224 g/mol. The second-order valence-corrected chi connectivity index (χ2v) is 6.64. The van der Waals surface area contributed by atoms with E-state index in [0.717, 1.165) is 17.8 Å². The normalized spacial score (nSPS) is 46.3. The van der Waals surface area contributed by atoms with E-state index in [1.165, 1.54) is 38.5 Å². The summed E-state index contributed by atoms with van der Waals surface area (Å²) in [4.78, 5) is 0. The van der Waals surface area contributed by atoms with Crippen LogP contribution in [0.25, 0.3) is 0 Å². The molecule has 4 aliphatic rings. The number of hydrogen-bond acceptors (Lipinski definition) is 3. The van der Waals surface area contributed by atoms with Gasteiger partial charge in [0.05, 0.1) is 5.60 Å². The van der Waals surface area contributed by atoms with Gasteiger partial charge in [-0.2, -0.15) is 0 Å². The molecule has 0 saturated heterocycles. The third-order valence-corrected chi connectivity index (χ3v) is 5.70. The summed E-state index contributed by atoms with van der Waals surface area (Å²) in [5.41, 5.74) is 10.9. The lowest BCUT2D eigenvalue weighted by molar-refractivity contribution is -0.169. The average Bonchev–Trinajstić information content (AvgIpc) is 2.26. The Morgan fingerprint density at radius 1 is 0.938 bits per heavy atom. The molecule has 92 valence electrons. The van der Waals surface area contributed by atoms with Crippen LogP contribution in [0.5, 0.6) is 0 Å². The highest BCUT2D eigenvalue weighted by atomic mass is 16.3. The Morgan fingerprint density at radius 3 is 1.62 bits per heavy atom. The molecule has 0 heterocycles. The topological polar surface area (TPSA) is 72.3 Å². The van der Waals surface area contributed by atoms with Crippen molar-refractivity contribution in [3.8, 4) is 0 Å². The van der Waals surface area contributed by atoms with Crippen LogP contribution in [0.4, 0.5) is 0 Å². The Morgan fingerprint density at radius 2 is 1.31 bits per heavy atom. The zero-order chi connectivity index (χ0) is 11.4. The van der Waals surface area contributed by atoms with E-state index >= 15 is 0 Å². The fraction of sp³-hybridized carbons (Fsp3) is 1.00. The Bertz CT molecular complexity index is 250. The van der Waals surface area contributed by atoms with Crippen LogP contribution < -0.4 is 11.5 Å².